The average molecular weight is 615 g/mol. The summed E-state index contributed by atoms with van der Waals surface area (Å²) in [5.41, 5.74) is -1.45. The van der Waals surface area contributed by atoms with Gasteiger partial charge in [0.25, 0.3) is 0 Å². The second kappa shape index (κ2) is 23.7. The second-order valence-electron chi connectivity index (χ2n) is 11.2. The van der Waals surface area contributed by atoms with E-state index in [9.17, 15) is 32.5 Å². The van der Waals surface area contributed by atoms with Crippen LogP contribution in [0.2, 0.25) is 0 Å². The van der Waals surface area contributed by atoms with Crippen molar-refractivity contribution in [2.45, 2.75) is 134 Å². The van der Waals surface area contributed by atoms with Crippen molar-refractivity contribution in [1.29, 1.82) is 0 Å². The number of hydrogen-bond acceptors (Lipinski definition) is 10. The van der Waals surface area contributed by atoms with Crippen LogP contribution in [0.15, 0.2) is 0 Å². The number of cyclic esters (lactones) is 2. The van der Waals surface area contributed by atoms with Gasteiger partial charge in [-0.2, -0.15) is 0 Å². The fraction of sp³-hybridized carbons (Fsp3) is 0.897. The summed E-state index contributed by atoms with van der Waals surface area (Å²) in [7, 11) is -5.14. The first-order chi connectivity index (χ1) is 19.1. The maximum atomic E-state index is 12.2. The number of aliphatic hydroxyl groups excluding tert-OH is 1. The summed E-state index contributed by atoms with van der Waals surface area (Å²) in [6.45, 7) is 0.159. The number of unbranched alkanes of at least 4 members (excludes halogenated alkanes) is 16. The Bertz CT molecular complexity index is 835. The van der Waals surface area contributed by atoms with Crippen LogP contribution in [-0.2, 0) is 38.7 Å². The number of hydrogen-bond donors (Lipinski definition) is 1. The molecule has 0 radical (unpaired) electrons. The van der Waals surface area contributed by atoms with Crippen molar-refractivity contribution >= 4 is 28.0 Å². The standard InChI is InChI=1S/C29H52O10S.Na/c1-2-3-4-5-6-7-8-9-10-11-12-13-14-15-16-17-18-19-26(31)37-22-29(21-30)23-38-27(32)20-25(40(34,35)36)28(33)39-24-29;/h25,30H,2-24H2,1H3,(H,34,35,36);/q;+1/p-1. The molecule has 12 heteroatoms. The molecule has 0 bridgehead atoms. The van der Waals surface area contributed by atoms with Crippen LogP contribution in [-0.4, -0.2) is 67.7 Å². The fourth-order valence-corrected chi connectivity index (χ4v) is 5.27. The minimum Gasteiger partial charge on any atom is -0.747 e. The monoisotopic (exact) mass is 614 g/mol. The van der Waals surface area contributed by atoms with Crippen LogP contribution in [0.3, 0.4) is 0 Å². The van der Waals surface area contributed by atoms with Gasteiger partial charge in [-0.1, -0.05) is 110 Å². The predicted octanol–water partition coefficient (Wildman–Crippen LogP) is 1.96. The van der Waals surface area contributed by atoms with Gasteiger partial charge in [-0.25, -0.2) is 8.42 Å². The number of aliphatic hydroxyl groups is 1. The van der Waals surface area contributed by atoms with Crippen LogP contribution in [0.1, 0.15) is 129 Å². The Kier molecular flexibility index (Phi) is 23.3. The van der Waals surface area contributed by atoms with Gasteiger partial charge >= 0.3 is 47.5 Å². The number of esters is 3. The minimum atomic E-state index is -5.14. The Morgan fingerprint density at radius 2 is 1.29 bits per heavy atom. The van der Waals surface area contributed by atoms with E-state index in [4.69, 9.17) is 14.2 Å². The minimum absolute atomic E-state index is 0. The molecule has 0 aliphatic carbocycles. The van der Waals surface area contributed by atoms with Gasteiger partial charge in [0, 0.05) is 6.42 Å². The van der Waals surface area contributed by atoms with Crippen LogP contribution < -0.4 is 29.6 Å². The molecule has 1 aliphatic heterocycles. The van der Waals surface area contributed by atoms with Gasteiger partial charge in [0.15, 0.2) is 5.25 Å². The molecule has 0 aromatic heterocycles. The molecule has 10 nitrogen and oxygen atoms in total. The maximum Gasteiger partial charge on any atom is 1.00 e. The zero-order valence-corrected chi connectivity index (χ0v) is 28.2. The molecular weight excluding hydrogens is 563 g/mol. The average Bonchev–Trinajstić information content (AvgIpc) is 2.98. The molecule has 1 heterocycles. The molecule has 1 fully saturated rings. The fourth-order valence-electron chi connectivity index (χ4n) is 4.63. The van der Waals surface area contributed by atoms with E-state index in [0.717, 1.165) is 19.3 Å². The molecule has 1 aliphatic rings. The Hall–Kier alpha value is -0.720. The van der Waals surface area contributed by atoms with Crippen molar-refractivity contribution in [3.63, 3.8) is 0 Å². The molecule has 0 amide bonds. The van der Waals surface area contributed by atoms with E-state index in [2.05, 4.69) is 6.92 Å². The second-order valence-corrected chi connectivity index (χ2v) is 12.7. The van der Waals surface area contributed by atoms with Crippen molar-refractivity contribution < 1.29 is 76.2 Å². The van der Waals surface area contributed by atoms with Gasteiger partial charge in [0.1, 0.15) is 29.9 Å². The zero-order valence-electron chi connectivity index (χ0n) is 25.4. The van der Waals surface area contributed by atoms with E-state index in [1.54, 1.807) is 0 Å². The molecule has 2 unspecified atom stereocenters. The summed E-state index contributed by atoms with van der Waals surface area (Å²) in [4.78, 5) is 36.1. The topological polar surface area (TPSA) is 156 Å². The molecule has 0 saturated carbocycles. The normalized spacial score (nSPS) is 19.7. The van der Waals surface area contributed by atoms with Crippen molar-refractivity contribution in [3.8, 4) is 0 Å². The smallest absolute Gasteiger partial charge is 0.747 e. The van der Waals surface area contributed by atoms with E-state index in [1.165, 1.54) is 83.5 Å². The summed E-state index contributed by atoms with van der Waals surface area (Å²) in [5, 5.41) is 7.61. The van der Waals surface area contributed by atoms with Crippen molar-refractivity contribution in [2.75, 3.05) is 26.4 Å². The van der Waals surface area contributed by atoms with Crippen LogP contribution in [0.4, 0.5) is 0 Å². The first kappa shape index (κ1) is 40.3. The van der Waals surface area contributed by atoms with Gasteiger partial charge in [-0.3, -0.25) is 14.4 Å². The van der Waals surface area contributed by atoms with Gasteiger partial charge in [0.2, 0.25) is 0 Å². The Morgan fingerprint density at radius 3 is 1.73 bits per heavy atom. The quantitative estimate of drug-likeness (QED) is 0.0629. The van der Waals surface area contributed by atoms with Gasteiger partial charge in [0.05, 0.1) is 18.4 Å². The van der Waals surface area contributed by atoms with Crippen molar-refractivity contribution in [1.82, 2.24) is 0 Å². The van der Waals surface area contributed by atoms with Gasteiger partial charge in [-0.15, -0.1) is 0 Å². The molecule has 0 aromatic rings. The molecule has 2 atom stereocenters. The molecule has 1 rings (SSSR count). The Morgan fingerprint density at radius 1 is 0.854 bits per heavy atom. The maximum absolute atomic E-state index is 12.2. The summed E-state index contributed by atoms with van der Waals surface area (Å²) < 4.78 is 48.9. The van der Waals surface area contributed by atoms with Gasteiger partial charge in [-0.05, 0) is 6.42 Å². The van der Waals surface area contributed by atoms with E-state index in [1.807, 2.05) is 0 Å². The van der Waals surface area contributed by atoms with Crippen LogP contribution in [0, 0.1) is 5.41 Å². The summed E-state index contributed by atoms with van der Waals surface area (Å²) >= 11 is 0. The molecule has 0 spiro atoms. The van der Waals surface area contributed by atoms with Gasteiger partial charge < -0.3 is 23.9 Å². The number of carbonyl (C=O) groups is 3. The summed E-state index contributed by atoms with van der Waals surface area (Å²) in [6, 6.07) is 0. The third kappa shape index (κ3) is 19.2. The number of carbonyl (C=O) groups excluding carboxylic acids is 3. The van der Waals surface area contributed by atoms with E-state index >= 15 is 0 Å². The molecule has 41 heavy (non-hydrogen) atoms. The first-order valence-corrected chi connectivity index (χ1v) is 16.6. The van der Waals surface area contributed by atoms with E-state index in [-0.39, 0.29) is 36.0 Å². The SMILES string of the molecule is CCCCCCCCCCCCCCCCCCCC(=O)OCC1(CO)COC(=O)CC(S(=O)(=O)[O-])C(=O)OC1.[Na+]. The largest absolute Gasteiger partial charge is 1.00 e. The van der Waals surface area contributed by atoms with Crippen LogP contribution in [0.5, 0.6) is 0 Å². The molecule has 1 saturated heterocycles. The van der Waals surface area contributed by atoms with Crippen LogP contribution in [0.25, 0.3) is 0 Å². The molecule has 0 aromatic carbocycles. The van der Waals surface area contributed by atoms with Crippen molar-refractivity contribution in [2.24, 2.45) is 5.41 Å². The summed E-state index contributed by atoms with van der Waals surface area (Å²) in [6.07, 6.45) is 20.3. The number of ether oxygens (including phenoxy) is 3. The Labute approximate surface area is 269 Å². The molecular formula is C29H51NaO10S. The zero-order chi connectivity index (χ0) is 29.7. The number of rotatable bonds is 22. The third-order valence-corrected chi connectivity index (χ3v) is 8.44. The molecule has 1 N–H and O–H groups in total. The first-order valence-electron chi connectivity index (χ1n) is 15.2. The molecule has 234 valence electrons. The third-order valence-electron chi connectivity index (χ3n) is 7.38. The predicted molar refractivity (Wildman–Crippen MR) is 149 cm³/mol. The van der Waals surface area contributed by atoms with Crippen LogP contribution >= 0.6 is 0 Å². The summed E-state index contributed by atoms with van der Waals surface area (Å²) in [5.74, 6) is -3.00. The van der Waals surface area contributed by atoms with Crippen molar-refractivity contribution in [3.05, 3.63) is 0 Å². The van der Waals surface area contributed by atoms with E-state index < -0.39 is 71.5 Å². The van der Waals surface area contributed by atoms with E-state index in [0.29, 0.717) is 6.42 Å². The Balaban J connectivity index is 0.0000160.